The standard InChI is InChI=1S/C13H19BrN2O.ClH/c1-9(2)12(15)13(17)16-8-7-10-3-5-11(14)6-4-10;/h3-6,9,12H,7-8,15H2,1-2H3,(H,16,17);1H/t12-;/m0./s1. The van der Waals surface area contributed by atoms with Crippen LogP contribution in [0.1, 0.15) is 19.4 Å². The molecule has 102 valence electrons. The molecular formula is C13H20BrClN2O. The highest BCUT2D eigenvalue weighted by molar-refractivity contribution is 9.10. The lowest BCUT2D eigenvalue weighted by Crippen LogP contribution is -2.44. The van der Waals surface area contributed by atoms with E-state index in [-0.39, 0.29) is 24.2 Å². The molecule has 3 nitrogen and oxygen atoms in total. The van der Waals surface area contributed by atoms with E-state index < -0.39 is 6.04 Å². The Hall–Kier alpha value is -0.580. The van der Waals surface area contributed by atoms with Crippen molar-refractivity contribution < 1.29 is 4.79 Å². The Morgan fingerprint density at radius 3 is 2.39 bits per heavy atom. The van der Waals surface area contributed by atoms with Crippen molar-refractivity contribution in [3.8, 4) is 0 Å². The predicted octanol–water partition coefficient (Wildman–Crippen LogP) is 2.51. The van der Waals surface area contributed by atoms with Gasteiger partial charge in [-0.1, -0.05) is 41.9 Å². The van der Waals surface area contributed by atoms with Crippen molar-refractivity contribution in [1.82, 2.24) is 5.32 Å². The Morgan fingerprint density at radius 2 is 1.89 bits per heavy atom. The summed E-state index contributed by atoms with van der Waals surface area (Å²) in [7, 11) is 0. The lowest BCUT2D eigenvalue weighted by atomic mass is 10.0. The summed E-state index contributed by atoms with van der Waals surface area (Å²) in [5.41, 5.74) is 6.94. The molecule has 0 unspecified atom stereocenters. The Kier molecular flexibility index (Phi) is 8.24. The summed E-state index contributed by atoms with van der Waals surface area (Å²) >= 11 is 3.39. The van der Waals surface area contributed by atoms with Crippen molar-refractivity contribution in [1.29, 1.82) is 0 Å². The molecule has 3 N–H and O–H groups in total. The van der Waals surface area contributed by atoms with E-state index >= 15 is 0 Å². The number of carbonyl (C=O) groups is 1. The van der Waals surface area contributed by atoms with Crippen LogP contribution in [0.3, 0.4) is 0 Å². The summed E-state index contributed by atoms with van der Waals surface area (Å²) < 4.78 is 1.06. The van der Waals surface area contributed by atoms with Gasteiger partial charge in [0.2, 0.25) is 5.91 Å². The van der Waals surface area contributed by atoms with Crippen molar-refractivity contribution in [2.24, 2.45) is 11.7 Å². The second kappa shape index (κ2) is 8.51. The number of carbonyl (C=O) groups excluding carboxylic acids is 1. The van der Waals surface area contributed by atoms with E-state index in [1.807, 2.05) is 38.1 Å². The second-order valence-electron chi connectivity index (χ2n) is 4.44. The molecular weight excluding hydrogens is 316 g/mol. The van der Waals surface area contributed by atoms with Crippen molar-refractivity contribution in [2.75, 3.05) is 6.54 Å². The van der Waals surface area contributed by atoms with Crippen molar-refractivity contribution in [3.63, 3.8) is 0 Å². The smallest absolute Gasteiger partial charge is 0.237 e. The molecule has 0 aromatic heterocycles. The van der Waals surface area contributed by atoms with Crippen LogP contribution in [0.4, 0.5) is 0 Å². The molecule has 0 bridgehead atoms. The normalized spacial score (nSPS) is 11.8. The van der Waals surface area contributed by atoms with Gasteiger partial charge in [0.15, 0.2) is 0 Å². The number of nitrogens with two attached hydrogens (primary N) is 1. The highest BCUT2D eigenvalue weighted by Crippen LogP contribution is 2.10. The molecule has 1 aromatic rings. The number of benzene rings is 1. The first-order valence-corrected chi connectivity index (χ1v) is 6.57. The van der Waals surface area contributed by atoms with Crippen LogP contribution in [-0.2, 0) is 11.2 Å². The second-order valence-corrected chi connectivity index (χ2v) is 5.35. The molecule has 0 radical (unpaired) electrons. The van der Waals surface area contributed by atoms with E-state index in [0.717, 1.165) is 10.9 Å². The summed E-state index contributed by atoms with van der Waals surface area (Å²) in [4.78, 5) is 11.6. The zero-order chi connectivity index (χ0) is 12.8. The predicted molar refractivity (Wildman–Crippen MR) is 80.9 cm³/mol. The summed E-state index contributed by atoms with van der Waals surface area (Å²) in [6.07, 6.45) is 0.823. The van der Waals surface area contributed by atoms with Gasteiger partial charge in [0, 0.05) is 11.0 Å². The van der Waals surface area contributed by atoms with Gasteiger partial charge < -0.3 is 11.1 Å². The van der Waals surface area contributed by atoms with Crippen LogP contribution in [0.5, 0.6) is 0 Å². The SMILES string of the molecule is CC(C)[C@H](N)C(=O)NCCc1ccc(Br)cc1.Cl. The van der Waals surface area contributed by atoms with Crippen LogP contribution in [-0.4, -0.2) is 18.5 Å². The lowest BCUT2D eigenvalue weighted by molar-refractivity contribution is -0.123. The van der Waals surface area contributed by atoms with Gasteiger partial charge in [-0.05, 0) is 30.0 Å². The summed E-state index contributed by atoms with van der Waals surface area (Å²) in [5.74, 6) is 0.0970. The van der Waals surface area contributed by atoms with Crippen molar-refractivity contribution in [3.05, 3.63) is 34.3 Å². The number of rotatable bonds is 5. The van der Waals surface area contributed by atoms with Gasteiger partial charge in [-0.2, -0.15) is 0 Å². The van der Waals surface area contributed by atoms with Crippen LogP contribution in [0.15, 0.2) is 28.7 Å². The largest absolute Gasteiger partial charge is 0.354 e. The third-order valence-electron chi connectivity index (χ3n) is 2.65. The zero-order valence-corrected chi connectivity index (χ0v) is 13.1. The first-order valence-electron chi connectivity index (χ1n) is 5.78. The summed E-state index contributed by atoms with van der Waals surface area (Å²) in [6.45, 7) is 4.51. The molecule has 0 aliphatic heterocycles. The molecule has 0 aliphatic rings. The van der Waals surface area contributed by atoms with Crippen molar-refractivity contribution in [2.45, 2.75) is 26.3 Å². The van der Waals surface area contributed by atoms with Gasteiger partial charge >= 0.3 is 0 Å². The first-order chi connectivity index (χ1) is 8.00. The fourth-order valence-corrected chi connectivity index (χ4v) is 1.67. The fraction of sp³-hybridized carbons (Fsp3) is 0.462. The monoisotopic (exact) mass is 334 g/mol. The number of hydrogen-bond acceptors (Lipinski definition) is 2. The third kappa shape index (κ3) is 5.85. The quantitative estimate of drug-likeness (QED) is 0.868. The van der Waals surface area contributed by atoms with E-state index in [9.17, 15) is 4.79 Å². The molecule has 0 aliphatic carbocycles. The lowest BCUT2D eigenvalue weighted by Gasteiger charge is -2.15. The highest BCUT2D eigenvalue weighted by atomic mass is 79.9. The van der Waals surface area contributed by atoms with Crippen molar-refractivity contribution >= 4 is 34.2 Å². The van der Waals surface area contributed by atoms with E-state index in [2.05, 4.69) is 21.2 Å². The van der Waals surface area contributed by atoms with Crippen LogP contribution in [0.25, 0.3) is 0 Å². The molecule has 1 atom stereocenters. The molecule has 1 rings (SSSR count). The van der Waals surface area contributed by atoms with Gasteiger partial charge in [-0.3, -0.25) is 4.79 Å². The molecule has 1 amide bonds. The van der Waals surface area contributed by atoms with Crippen LogP contribution < -0.4 is 11.1 Å². The van der Waals surface area contributed by atoms with Crippen LogP contribution >= 0.6 is 28.3 Å². The van der Waals surface area contributed by atoms with Crippen LogP contribution in [0, 0.1) is 5.92 Å². The average Bonchev–Trinajstić information content (AvgIpc) is 2.30. The number of halogens is 2. The van der Waals surface area contributed by atoms with Gasteiger partial charge in [0.05, 0.1) is 6.04 Å². The molecule has 5 heteroatoms. The Labute approximate surface area is 123 Å². The summed E-state index contributed by atoms with van der Waals surface area (Å²) in [5, 5.41) is 2.85. The Morgan fingerprint density at radius 1 is 1.33 bits per heavy atom. The molecule has 0 saturated carbocycles. The molecule has 0 heterocycles. The van der Waals surface area contributed by atoms with E-state index in [4.69, 9.17) is 5.73 Å². The molecule has 1 aromatic carbocycles. The van der Waals surface area contributed by atoms with E-state index in [1.54, 1.807) is 0 Å². The molecule has 18 heavy (non-hydrogen) atoms. The Balaban J connectivity index is 0.00000289. The van der Waals surface area contributed by atoms with Gasteiger partial charge in [0.25, 0.3) is 0 Å². The minimum atomic E-state index is -0.417. The first kappa shape index (κ1) is 17.4. The minimum absolute atomic E-state index is 0. The zero-order valence-electron chi connectivity index (χ0n) is 10.7. The van der Waals surface area contributed by atoms with Gasteiger partial charge in [-0.25, -0.2) is 0 Å². The minimum Gasteiger partial charge on any atom is -0.354 e. The maximum absolute atomic E-state index is 11.6. The molecule has 0 saturated heterocycles. The maximum Gasteiger partial charge on any atom is 0.237 e. The number of hydrogen-bond donors (Lipinski definition) is 2. The van der Waals surface area contributed by atoms with Gasteiger partial charge in [-0.15, -0.1) is 12.4 Å². The number of amides is 1. The maximum atomic E-state index is 11.6. The van der Waals surface area contributed by atoms with Crippen LogP contribution in [0.2, 0.25) is 0 Å². The highest BCUT2D eigenvalue weighted by Gasteiger charge is 2.16. The fourth-order valence-electron chi connectivity index (χ4n) is 1.40. The Bertz CT molecular complexity index is 368. The topological polar surface area (TPSA) is 55.1 Å². The third-order valence-corrected chi connectivity index (χ3v) is 3.18. The summed E-state index contributed by atoms with van der Waals surface area (Å²) in [6, 6.07) is 7.66. The average molecular weight is 336 g/mol. The van der Waals surface area contributed by atoms with E-state index in [1.165, 1.54) is 5.56 Å². The molecule has 0 fully saturated rings. The number of nitrogens with one attached hydrogen (secondary N) is 1. The van der Waals surface area contributed by atoms with E-state index in [0.29, 0.717) is 6.54 Å². The van der Waals surface area contributed by atoms with Gasteiger partial charge in [0.1, 0.15) is 0 Å². The molecule has 0 spiro atoms.